The molecule has 1 atom stereocenters. The van der Waals surface area contributed by atoms with Gasteiger partial charge in [-0.25, -0.2) is 4.79 Å². The molecule has 4 rings (SSSR count). The minimum atomic E-state index is -4.20. The molecule has 0 bridgehead atoms. The number of aromatic nitrogens is 1. The number of nitrogens with zero attached hydrogens (tertiary/aromatic N) is 3. The van der Waals surface area contributed by atoms with Crippen molar-refractivity contribution >= 4 is 17.2 Å². The number of hydrogen-bond donors (Lipinski definition) is 1. The van der Waals surface area contributed by atoms with Gasteiger partial charge in [-0.2, -0.15) is 13.2 Å². The van der Waals surface area contributed by atoms with Crippen molar-refractivity contribution in [1.29, 1.82) is 0 Å². The lowest BCUT2D eigenvalue weighted by atomic mass is 9.99. The molecule has 1 unspecified atom stereocenters. The SMILES string of the molecule is CNc1ccc(-c2ccn3c(C(C)N4CCN(CC(F)(F)F)CC4)c(C)c(C(=O)OC(C)C)cc23)cc1. The first-order valence-electron chi connectivity index (χ1n) is 12.7. The Labute approximate surface area is 216 Å². The van der Waals surface area contributed by atoms with E-state index in [-0.39, 0.29) is 18.1 Å². The molecule has 9 heteroatoms. The van der Waals surface area contributed by atoms with Crippen LogP contribution in [0.4, 0.5) is 18.9 Å². The fraction of sp³-hybridized carbons (Fsp3) is 0.464. The summed E-state index contributed by atoms with van der Waals surface area (Å²) in [5.74, 6) is -0.379. The van der Waals surface area contributed by atoms with Crippen molar-refractivity contribution in [3.63, 3.8) is 0 Å². The third kappa shape index (κ3) is 5.93. The summed E-state index contributed by atoms with van der Waals surface area (Å²) in [7, 11) is 1.87. The number of alkyl halides is 3. The zero-order valence-electron chi connectivity index (χ0n) is 22.0. The van der Waals surface area contributed by atoms with E-state index >= 15 is 0 Å². The second kappa shape index (κ2) is 10.8. The first-order valence-corrected chi connectivity index (χ1v) is 12.7. The van der Waals surface area contributed by atoms with E-state index in [0.29, 0.717) is 31.7 Å². The van der Waals surface area contributed by atoms with Gasteiger partial charge in [0, 0.05) is 62.4 Å². The molecule has 1 aliphatic rings. The first-order chi connectivity index (χ1) is 17.5. The summed E-state index contributed by atoms with van der Waals surface area (Å²) in [5.41, 5.74) is 6.16. The summed E-state index contributed by atoms with van der Waals surface area (Å²) in [5, 5.41) is 3.12. The highest BCUT2D eigenvalue weighted by atomic mass is 19.4. The summed E-state index contributed by atoms with van der Waals surface area (Å²) >= 11 is 0. The van der Waals surface area contributed by atoms with Crippen LogP contribution in [0.1, 0.15) is 48.4 Å². The van der Waals surface area contributed by atoms with Gasteiger partial charge in [0.2, 0.25) is 0 Å². The van der Waals surface area contributed by atoms with Crippen LogP contribution in [0.5, 0.6) is 0 Å². The molecular formula is C28H35F3N4O2. The minimum Gasteiger partial charge on any atom is -0.459 e. The van der Waals surface area contributed by atoms with Gasteiger partial charge in [0.1, 0.15) is 0 Å². The van der Waals surface area contributed by atoms with Crippen LogP contribution in [0.25, 0.3) is 16.6 Å². The molecular weight excluding hydrogens is 481 g/mol. The van der Waals surface area contributed by atoms with Crippen LogP contribution in [0, 0.1) is 6.92 Å². The van der Waals surface area contributed by atoms with Crippen molar-refractivity contribution in [1.82, 2.24) is 14.2 Å². The van der Waals surface area contributed by atoms with Gasteiger partial charge in [-0.15, -0.1) is 0 Å². The molecule has 3 aromatic rings. The van der Waals surface area contributed by atoms with Crippen LogP contribution in [0.2, 0.25) is 0 Å². The summed E-state index contributed by atoms with van der Waals surface area (Å²) in [4.78, 5) is 16.8. The summed E-state index contributed by atoms with van der Waals surface area (Å²) in [6.45, 7) is 8.44. The molecule has 1 saturated heterocycles. The third-order valence-corrected chi connectivity index (χ3v) is 7.06. The zero-order valence-corrected chi connectivity index (χ0v) is 22.0. The number of halogens is 3. The maximum absolute atomic E-state index is 13.1. The lowest BCUT2D eigenvalue weighted by molar-refractivity contribution is -0.149. The Hall–Kier alpha value is -3.04. The highest BCUT2D eigenvalue weighted by Gasteiger charge is 2.34. The molecule has 1 fully saturated rings. The van der Waals surface area contributed by atoms with Crippen molar-refractivity contribution < 1.29 is 22.7 Å². The average Bonchev–Trinajstić information content (AvgIpc) is 3.25. The van der Waals surface area contributed by atoms with Gasteiger partial charge in [-0.3, -0.25) is 9.80 Å². The summed E-state index contributed by atoms with van der Waals surface area (Å²) in [6.07, 6.45) is -2.45. The fourth-order valence-electron chi connectivity index (χ4n) is 5.17. The quantitative estimate of drug-likeness (QED) is 0.405. The number of carbonyl (C=O) groups excluding carboxylic acids is 1. The van der Waals surface area contributed by atoms with E-state index in [2.05, 4.69) is 21.5 Å². The molecule has 0 radical (unpaired) electrons. The molecule has 6 nitrogen and oxygen atoms in total. The van der Waals surface area contributed by atoms with E-state index in [1.807, 2.05) is 70.4 Å². The Kier molecular flexibility index (Phi) is 7.85. The number of hydrogen-bond acceptors (Lipinski definition) is 5. The number of anilines is 1. The molecule has 1 aromatic carbocycles. The van der Waals surface area contributed by atoms with E-state index in [1.54, 1.807) is 0 Å². The van der Waals surface area contributed by atoms with Gasteiger partial charge in [0.25, 0.3) is 0 Å². The Bertz CT molecular complexity index is 1240. The van der Waals surface area contributed by atoms with Gasteiger partial charge in [0.05, 0.1) is 23.7 Å². The molecule has 3 heterocycles. The van der Waals surface area contributed by atoms with Crippen molar-refractivity contribution in [2.45, 2.75) is 46.0 Å². The van der Waals surface area contributed by atoms with E-state index in [0.717, 1.165) is 33.6 Å². The normalized spacial score (nSPS) is 16.4. The predicted molar refractivity (Wildman–Crippen MR) is 140 cm³/mol. The monoisotopic (exact) mass is 516 g/mol. The maximum atomic E-state index is 13.1. The molecule has 1 N–H and O–H groups in total. The predicted octanol–water partition coefficient (Wildman–Crippen LogP) is 5.76. The van der Waals surface area contributed by atoms with Crippen LogP contribution < -0.4 is 5.32 Å². The average molecular weight is 517 g/mol. The van der Waals surface area contributed by atoms with Gasteiger partial charge in [-0.05, 0) is 63.1 Å². The lowest BCUT2D eigenvalue weighted by Gasteiger charge is -2.39. The Morgan fingerprint density at radius 1 is 1.05 bits per heavy atom. The van der Waals surface area contributed by atoms with Gasteiger partial charge in [-0.1, -0.05) is 12.1 Å². The molecule has 200 valence electrons. The van der Waals surface area contributed by atoms with Crippen molar-refractivity contribution in [2.75, 3.05) is 45.1 Å². The van der Waals surface area contributed by atoms with Crippen molar-refractivity contribution in [3.05, 3.63) is 59.4 Å². The maximum Gasteiger partial charge on any atom is 0.401 e. The molecule has 0 spiro atoms. The minimum absolute atomic E-state index is 0.116. The number of benzene rings is 1. The molecule has 0 saturated carbocycles. The molecule has 1 aliphatic heterocycles. The Balaban J connectivity index is 1.75. The number of ether oxygens (including phenoxy) is 1. The smallest absolute Gasteiger partial charge is 0.401 e. The van der Waals surface area contributed by atoms with Crippen molar-refractivity contribution in [2.24, 2.45) is 0 Å². The lowest BCUT2D eigenvalue weighted by Crippen LogP contribution is -2.49. The van der Waals surface area contributed by atoms with E-state index in [4.69, 9.17) is 4.74 Å². The molecule has 0 amide bonds. The number of esters is 1. The summed E-state index contributed by atoms with van der Waals surface area (Å²) in [6, 6.07) is 11.9. The van der Waals surface area contributed by atoms with Crippen molar-refractivity contribution in [3.8, 4) is 11.1 Å². The number of pyridine rings is 1. The second-order valence-electron chi connectivity index (χ2n) is 9.94. The topological polar surface area (TPSA) is 49.2 Å². The zero-order chi connectivity index (χ0) is 26.9. The number of piperazine rings is 1. The van der Waals surface area contributed by atoms with Crippen LogP contribution in [-0.2, 0) is 4.74 Å². The fourth-order valence-corrected chi connectivity index (χ4v) is 5.17. The first kappa shape index (κ1) is 27.0. The van der Waals surface area contributed by atoms with E-state index in [1.165, 1.54) is 4.90 Å². The van der Waals surface area contributed by atoms with Gasteiger partial charge < -0.3 is 14.5 Å². The number of nitrogens with one attached hydrogen (secondary N) is 1. The van der Waals surface area contributed by atoms with Crippen LogP contribution in [0.3, 0.4) is 0 Å². The number of fused-ring (bicyclic) bond motifs is 1. The molecule has 2 aromatic heterocycles. The Morgan fingerprint density at radius 3 is 2.27 bits per heavy atom. The highest BCUT2D eigenvalue weighted by Crippen LogP contribution is 2.34. The molecule has 0 aliphatic carbocycles. The van der Waals surface area contributed by atoms with Crippen LogP contribution in [-0.4, -0.2) is 72.2 Å². The standard InChI is InChI=1S/C28H35F3N4O2/c1-18(2)37-27(36)24-16-25-23(21-6-8-22(32-5)9-7-21)10-11-35(25)26(19(24)3)20(4)34-14-12-33(13-15-34)17-28(29,30)31/h6-11,16,18,20,32H,12-15,17H2,1-5H3. The largest absolute Gasteiger partial charge is 0.459 e. The summed E-state index contributed by atoms with van der Waals surface area (Å²) < 4.78 is 46.3. The number of rotatable bonds is 7. The van der Waals surface area contributed by atoms with Crippen LogP contribution in [0.15, 0.2) is 42.6 Å². The second-order valence-corrected chi connectivity index (χ2v) is 9.94. The van der Waals surface area contributed by atoms with Gasteiger partial charge >= 0.3 is 12.1 Å². The van der Waals surface area contributed by atoms with E-state index in [9.17, 15) is 18.0 Å². The Morgan fingerprint density at radius 2 is 1.70 bits per heavy atom. The van der Waals surface area contributed by atoms with Crippen LogP contribution >= 0.6 is 0 Å². The molecule has 37 heavy (non-hydrogen) atoms. The van der Waals surface area contributed by atoms with E-state index < -0.39 is 12.7 Å². The highest BCUT2D eigenvalue weighted by molar-refractivity contribution is 5.95. The van der Waals surface area contributed by atoms with Gasteiger partial charge in [0.15, 0.2) is 0 Å². The third-order valence-electron chi connectivity index (χ3n) is 7.06. The number of carbonyl (C=O) groups is 1.